The van der Waals surface area contributed by atoms with E-state index in [-0.39, 0.29) is 0 Å². The van der Waals surface area contributed by atoms with Crippen molar-refractivity contribution in [3.05, 3.63) is 64.1 Å². The number of rotatable bonds is 3. The fraction of sp³-hybridized carbons (Fsp3) is 0.176. The smallest absolute Gasteiger partial charge is 0.296 e. The van der Waals surface area contributed by atoms with Gasteiger partial charge in [-0.1, -0.05) is 54.5 Å². The number of H-pyrrole nitrogens is 1. The lowest BCUT2D eigenvalue weighted by Crippen LogP contribution is -1.96. The first-order chi connectivity index (χ1) is 10.2. The van der Waals surface area contributed by atoms with Crippen LogP contribution in [0.2, 0.25) is 0 Å². The minimum atomic E-state index is -0.544. The number of hydrogen-bond acceptors (Lipinski definition) is 3. The Balaban J connectivity index is 2.17. The zero-order valence-electron chi connectivity index (χ0n) is 12.0. The molecule has 3 rings (SSSR count). The summed E-state index contributed by atoms with van der Waals surface area (Å²) >= 11 is 0. The lowest BCUT2D eigenvalue weighted by atomic mass is 9.94. The van der Waals surface area contributed by atoms with Crippen molar-refractivity contribution in [2.24, 2.45) is 0 Å². The zero-order chi connectivity index (χ0) is 14.8. The van der Waals surface area contributed by atoms with Gasteiger partial charge in [0.1, 0.15) is 0 Å². The van der Waals surface area contributed by atoms with Gasteiger partial charge in [-0.05, 0) is 35.6 Å². The summed E-state index contributed by atoms with van der Waals surface area (Å²) in [6.45, 7) is 4.24. The summed E-state index contributed by atoms with van der Waals surface area (Å²) in [7, 11) is 0. The Bertz CT molecular complexity index is 831. The summed E-state index contributed by atoms with van der Waals surface area (Å²) < 4.78 is 4.62. The van der Waals surface area contributed by atoms with Crippen molar-refractivity contribution in [2.45, 2.75) is 20.3 Å². The van der Waals surface area contributed by atoms with Crippen molar-refractivity contribution in [1.29, 1.82) is 0 Å². The second kappa shape index (κ2) is 5.40. The van der Waals surface area contributed by atoms with Crippen molar-refractivity contribution >= 4 is 0 Å². The van der Waals surface area contributed by atoms with Crippen molar-refractivity contribution in [3.63, 3.8) is 0 Å². The minimum absolute atomic E-state index is 0.453. The molecule has 0 radical (unpaired) electrons. The van der Waals surface area contributed by atoms with Crippen LogP contribution in [0.5, 0.6) is 0 Å². The summed E-state index contributed by atoms with van der Waals surface area (Å²) in [5.74, 6) is -0.0903. The average Bonchev–Trinajstić information content (AvgIpc) is 2.93. The van der Waals surface area contributed by atoms with E-state index in [1.54, 1.807) is 0 Å². The SMILES string of the molecule is CCc1ccc(-c2ccccc2-c2noc(=O)[nH]2)c(C)c1. The van der Waals surface area contributed by atoms with Crippen molar-refractivity contribution in [3.8, 4) is 22.5 Å². The second-order valence-corrected chi connectivity index (χ2v) is 4.99. The van der Waals surface area contributed by atoms with Crippen LogP contribution >= 0.6 is 0 Å². The standard InChI is InChI=1S/C17H16N2O2/c1-3-12-8-9-13(11(2)10-12)14-6-4-5-7-15(14)16-18-17(20)21-19-16/h4-10H,3H2,1-2H3,(H,18,19,20). The molecule has 1 heterocycles. The first-order valence-electron chi connectivity index (χ1n) is 6.94. The van der Waals surface area contributed by atoms with E-state index in [1.165, 1.54) is 11.1 Å². The van der Waals surface area contributed by atoms with E-state index in [0.717, 1.165) is 23.1 Å². The summed E-state index contributed by atoms with van der Waals surface area (Å²) in [5, 5.41) is 3.79. The van der Waals surface area contributed by atoms with Gasteiger partial charge in [-0.3, -0.25) is 9.51 Å². The Labute approximate surface area is 122 Å². The van der Waals surface area contributed by atoms with Gasteiger partial charge in [-0.15, -0.1) is 0 Å². The largest absolute Gasteiger partial charge is 0.439 e. The predicted molar refractivity (Wildman–Crippen MR) is 82.1 cm³/mol. The molecule has 106 valence electrons. The zero-order valence-corrected chi connectivity index (χ0v) is 12.0. The molecule has 4 heteroatoms. The van der Waals surface area contributed by atoms with E-state index in [2.05, 4.69) is 46.7 Å². The first-order valence-corrected chi connectivity index (χ1v) is 6.94. The molecule has 4 nitrogen and oxygen atoms in total. The summed E-state index contributed by atoms with van der Waals surface area (Å²) in [6, 6.07) is 14.3. The third kappa shape index (κ3) is 2.52. The number of hydrogen-bond donors (Lipinski definition) is 1. The van der Waals surface area contributed by atoms with E-state index in [4.69, 9.17) is 0 Å². The average molecular weight is 280 g/mol. The highest BCUT2D eigenvalue weighted by molar-refractivity contribution is 5.82. The third-order valence-electron chi connectivity index (χ3n) is 3.61. The maximum atomic E-state index is 11.2. The van der Waals surface area contributed by atoms with Crippen molar-refractivity contribution < 1.29 is 4.52 Å². The van der Waals surface area contributed by atoms with Gasteiger partial charge in [0.15, 0.2) is 5.82 Å². The van der Waals surface area contributed by atoms with Crippen LogP contribution in [0.3, 0.4) is 0 Å². The third-order valence-corrected chi connectivity index (χ3v) is 3.61. The van der Waals surface area contributed by atoms with Gasteiger partial charge >= 0.3 is 5.76 Å². The van der Waals surface area contributed by atoms with Gasteiger partial charge < -0.3 is 0 Å². The quantitative estimate of drug-likeness (QED) is 0.798. The Kier molecular flexibility index (Phi) is 3.44. The summed E-state index contributed by atoms with van der Waals surface area (Å²) in [4.78, 5) is 13.8. The molecule has 0 amide bonds. The van der Waals surface area contributed by atoms with Crippen molar-refractivity contribution in [2.75, 3.05) is 0 Å². The molecule has 0 saturated carbocycles. The molecule has 0 aliphatic heterocycles. The number of nitrogens with zero attached hydrogens (tertiary/aromatic N) is 1. The van der Waals surface area contributed by atoms with Crippen LogP contribution in [0.4, 0.5) is 0 Å². The Morgan fingerprint density at radius 1 is 1.10 bits per heavy atom. The lowest BCUT2D eigenvalue weighted by Gasteiger charge is -2.11. The molecule has 1 N–H and O–H groups in total. The molecular formula is C17H16N2O2. The number of nitrogens with one attached hydrogen (secondary N) is 1. The van der Waals surface area contributed by atoms with E-state index in [1.807, 2.05) is 24.3 Å². The molecule has 0 bridgehead atoms. The molecule has 1 aromatic heterocycles. The van der Waals surface area contributed by atoms with Crippen LogP contribution in [-0.2, 0) is 6.42 Å². The highest BCUT2D eigenvalue weighted by atomic mass is 16.5. The number of aromatic amines is 1. The Morgan fingerprint density at radius 2 is 1.86 bits per heavy atom. The fourth-order valence-corrected chi connectivity index (χ4v) is 2.52. The van der Waals surface area contributed by atoms with Gasteiger partial charge in [0, 0.05) is 5.56 Å². The maximum Gasteiger partial charge on any atom is 0.439 e. The van der Waals surface area contributed by atoms with Crippen LogP contribution in [-0.4, -0.2) is 10.1 Å². The molecule has 2 aromatic carbocycles. The highest BCUT2D eigenvalue weighted by Gasteiger charge is 2.12. The molecule has 0 spiro atoms. The topological polar surface area (TPSA) is 58.9 Å². The van der Waals surface area contributed by atoms with E-state index >= 15 is 0 Å². The van der Waals surface area contributed by atoms with Crippen LogP contribution in [0, 0.1) is 6.92 Å². The van der Waals surface area contributed by atoms with Gasteiger partial charge in [0.25, 0.3) is 0 Å². The van der Waals surface area contributed by atoms with Crippen molar-refractivity contribution in [1.82, 2.24) is 10.1 Å². The van der Waals surface area contributed by atoms with Gasteiger partial charge in [0.05, 0.1) is 0 Å². The number of benzene rings is 2. The Hall–Kier alpha value is -2.62. The predicted octanol–water partition coefficient (Wildman–Crippen LogP) is 3.57. The minimum Gasteiger partial charge on any atom is -0.296 e. The normalized spacial score (nSPS) is 10.8. The molecule has 21 heavy (non-hydrogen) atoms. The lowest BCUT2D eigenvalue weighted by molar-refractivity contribution is 0.388. The van der Waals surface area contributed by atoms with E-state index in [9.17, 15) is 4.79 Å². The Morgan fingerprint density at radius 3 is 2.48 bits per heavy atom. The molecule has 0 fully saturated rings. The van der Waals surface area contributed by atoms with E-state index < -0.39 is 5.76 Å². The highest BCUT2D eigenvalue weighted by Crippen LogP contribution is 2.32. The maximum absolute atomic E-state index is 11.2. The first kappa shape index (κ1) is 13.4. The molecule has 0 saturated heterocycles. The fourth-order valence-electron chi connectivity index (χ4n) is 2.52. The molecule has 0 aliphatic carbocycles. The molecule has 0 atom stereocenters. The second-order valence-electron chi connectivity index (χ2n) is 4.99. The monoisotopic (exact) mass is 280 g/mol. The van der Waals surface area contributed by atoms with Gasteiger partial charge in [-0.25, -0.2) is 4.79 Å². The molecule has 0 unspecified atom stereocenters. The van der Waals surface area contributed by atoms with Crippen LogP contribution in [0.25, 0.3) is 22.5 Å². The van der Waals surface area contributed by atoms with Crippen LogP contribution < -0.4 is 5.76 Å². The summed E-state index contributed by atoms with van der Waals surface area (Å²) in [6.07, 6.45) is 1.01. The molecule has 0 aliphatic rings. The van der Waals surface area contributed by atoms with Gasteiger partial charge in [-0.2, -0.15) is 0 Å². The van der Waals surface area contributed by atoms with E-state index in [0.29, 0.717) is 5.82 Å². The summed E-state index contributed by atoms with van der Waals surface area (Å²) in [5.41, 5.74) is 5.53. The molecule has 3 aromatic rings. The number of aryl methyl sites for hydroxylation is 2. The molecular weight excluding hydrogens is 264 g/mol. The van der Waals surface area contributed by atoms with Crippen LogP contribution in [0.1, 0.15) is 18.1 Å². The van der Waals surface area contributed by atoms with Crippen LogP contribution in [0.15, 0.2) is 51.8 Å². The number of aromatic nitrogens is 2. The van der Waals surface area contributed by atoms with Gasteiger partial charge in [0.2, 0.25) is 0 Å².